The van der Waals surface area contributed by atoms with Crippen molar-refractivity contribution in [1.29, 1.82) is 0 Å². The van der Waals surface area contributed by atoms with E-state index < -0.39 is 61.7 Å². The van der Waals surface area contributed by atoms with Crippen LogP contribution < -0.4 is 16.4 Å². The molecule has 6 atom stereocenters. The van der Waals surface area contributed by atoms with Gasteiger partial charge in [-0.3, -0.25) is 9.59 Å². The number of nitrogens with one attached hydrogen (secondary N) is 2. The number of ether oxygens (including phenoxy) is 1. The van der Waals surface area contributed by atoms with Crippen LogP contribution in [0.5, 0.6) is 0 Å². The molecule has 2 rings (SSSR count). The van der Waals surface area contributed by atoms with Gasteiger partial charge in [0.05, 0.1) is 25.3 Å². The van der Waals surface area contributed by atoms with Crippen LogP contribution in [-0.2, 0) is 14.3 Å². The summed E-state index contributed by atoms with van der Waals surface area (Å²) in [6, 6.07) is -1.37. The minimum Gasteiger partial charge on any atom is -0.394 e. The molecule has 2 aliphatic rings. The molecule has 2 aliphatic heterocycles. The van der Waals surface area contributed by atoms with Crippen LogP contribution in [0, 0.1) is 0 Å². The zero-order valence-corrected chi connectivity index (χ0v) is 20.3. The van der Waals surface area contributed by atoms with Gasteiger partial charge < -0.3 is 46.4 Å². The number of hydrogen-bond donors (Lipinski definition) is 7. The van der Waals surface area contributed by atoms with Gasteiger partial charge in [-0.15, -0.1) is 0 Å². The molecule has 0 aliphatic carbocycles. The molecule has 0 aromatic heterocycles. The summed E-state index contributed by atoms with van der Waals surface area (Å²) in [5, 5.41) is 44.2. The number of alkyl halides is 2. The average Bonchev–Trinajstić information content (AvgIpc) is 3.27. The number of rotatable bonds is 12. The van der Waals surface area contributed by atoms with Crippen LogP contribution in [0.1, 0.15) is 52.4 Å². The molecule has 2 fully saturated rings. The Morgan fingerprint density at radius 2 is 1.97 bits per heavy atom. The lowest BCUT2D eigenvalue weighted by Crippen LogP contribution is -2.65. The molecule has 0 bridgehead atoms. The highest BCUT2D eigenvalue weighted by atomic mass is 19.3. The first-order valence-electron chi connectivity index (χ1n) is 12.1. The first kappa shape index (κ1) is 29.7. The second-order valence-electron chi connectivity index (χ2n) is 9.72. The maximum atomic E-state index is 14.6. The highest BCUT2D eigenvalue weighted by molar-refractivity contribution is 5.90. The van der Waals surface area contributed by atoms with Crippen LogP contribution in [-0.4, -0.2) is 112 Å². The van der Waals surface area contributed by atoms with Gasteiger partial charge in [-0.1, -0.05) is 6.42 Å². The summed E-state index contributed by atoms with van der Waals surface area (Å²) in [5.74, 6) is -7.36. The number of likely N-dealkylation sites (tertiary alicyclic amines) is 1. The van der Waals surface area contributed by atoms with Crippen LogP contribution in [0.25, 0.3) is 0 Å². The number of carbonyl (C=O) groups is 2. The number of nitrogens with zero attached hydrogens (tertiary/aromatic N) is 1. The van der Waals surface area contributed by atoms with Crippen molar-refractivity contribution in [3.63, 3.8) is 0 Å². The molecule has 0 aromatic carbocycles. The van der Waals surface area contributed by atoms with Gasteiger partial charge in [0, 0.05) is 19.0 Å². The number of carbonyl (C=O) groups excluding carboxylic acids is 2. The topological polar surface area (TPSA) is 178 Å². The van der Waals surface area contributed by atoms with Crippen LogP contribution in [0.2, 0.25) is 0 Å². The summed E-state index contributed by atoms with van der Waals surface area (Å²) in [4.78, 5) is 26.6. The predicted octanol–water partition coefficient (Wildman–Crippen LogP) is -1.58. The van der Waals surface area contributed by atoms with E-state index in [0.717, 1.165) is 6.42 Å². The van der Waals surface area contributed by atoms with Crippen molar-refractivity contribution in [2.75, 3.05) is 26.2 Å². The SMILES string of the molecule is CC(C)NC(=O)C1CCCN1C(=O)C(N)CCCCNCC(F)(F)C1(O)CC(O)C(O)C(CO)O1. The smallest absolute Gasteiger partial charge is 0.312 e. The Morgan fingerprint density at radius 3 is 2.60 bits per heavy atom. The van der Waals surface area contributed by atoms with Crippen molar-refractivity contribution in [2.45, 2.75) is 101 Å². The van der Waals surface area contributed by atoms with Gasteiger partial charge in [0.15, 0.2) is 0 Å². The fourth-order valence-electron chi connectivity index (χ4n) is 4.42. The van der Waals surface area contributed by atoms with Crippen molar-refractivity contribution >= 4 is 11.8 Å². The fourth-order valence-corrected chi connectivity index (χ4v) is 4.42. The molecule has 0 saturated carbocycles. The number of aliphatic hydroxyl groups is 4. The summed E-state index contributed by atoms with van der Waals surface area (Å²) in [6.45, 7) is 2.49. The Hall–Kier alpha value is -1.48. The number of amides is 2. The minimum atomic E-state index is -3.81. The van der Waals surface area contributed by atoms with E-state index in [9.17, 15) is 33.7 Å². The number of halogens is 2. The van der Waals surface area contributed by atoms with Crippen LogP contribution in [0.3, 0.4) is 0 Å². The number of unbranched alkanes of at least 4 members (excludes halogenated alkanes) is 1. The Balaban J connectivity index is 1.74. The molecule has 6 unspecified atom stereocenters. The normalized spacial score (nSPS) is 30.5. The highest BCUT2D eigenvalue weighted by Crippen LogP contribution is 2.39. The third-order valence-corrected chi connectivity index (χ3v) is 6.41. The van der Waals surface area contributed by atoms with E-state index in [4.69, 9.17) is 15.6 Å². The Kier molecular flexibility index (Phi) is 10.8. The van der Waals surface area contributed by atoms with Gasteiger partial charge in [-0.25, -0.2) is 0 Å². The van der Waals surface area contributed by atoms with E-state index in [1.54, 1.807) is 0 Å². The Labute approximate surface area is 204 Å². The molecule has 0 aromatic rings. The van der Waals surface area contributed by atoms with E-state index in [0.29, 0.717) is 32.2 Å². The van der Waals surface area contributed by atoms with Crippen LogP contribution in [0.4, 0.5) is 8.78 Å². The van der Waals surface area contributed by atoms with E-state index in [-0.39, 0.29) is 24.4 Å². The average molecular weight is 511 g/mol. The largest absolute Gasteiger partial charge is 0.394 e. The molecule has 2 saturated heterocycles. The second-order valence-corrected chi connectivity index (χ2v) is 9.72. The molecular formula is C22H40F2N4O7. The van der Waals surface area contributed by atoms with Gasteiger partial charge in [-0.05, 0) is 46.1 Å². The van der Waals surface area contributed by atoms with Crippen molar-refractivity contribution in [2.24, 2.45) is 5.73 Å². The van der Waals surface area contributed by atoms with E-state index in [2.05, 4.69) is 10.6 Å². The first-order chi connectivity index (χ1) is 16.3. The predicted molar refractivity (Wildman–Crippen MR) is 121 cm³/mol. The van der Waals surface area contributed by atoms with Gasteiger partial charge in [-0.2, -0.15) is 8.78 Å². The zero-order chi connectivity index (χ0) is 26.4. The zero-order valence-electron chi connectivity index (χ0n) is 20.3. The van der Waals surface area contributed by atoms with Gasteiger partial charge in [0.25, 0.3) is 0 Å². The van der Waals surface area contributed by atoms with E-state index >= 15 is 0 Å². The molecule has 0 spiro atoms. The van der Waals surface area contributed by atoms with Crippen molar-refractivity contribution < 1.29 is 43.5 Å². The lowest BCUT2D eigenvalue weighted by Gasteiger charge is -2.45. The molecule has 0 radical (unpaired) electrons. The minimum absolute atomic E-state index is 0.0354. The summed E-state index contributed by atoms with van der Waals surface area (Å²) in [5.41, 5.74) is 6.03. The van der Waals surface area contributed by atoms with E-state index in [1.807, 2.05) is 13.8 Å². The maximum absolute atomic E-state index is 14.6. The number of aliphatic hydroxyl groups excluding tert-OH is 3. The van der Waals surface area contributed by atoms with E-state index in [1.165, 1.54) is 4.90 Å². The van der Waals surface area contributed by atoms with Gasteiger partial charge >= 0.3 is 5.92 Å². The summed E-state index contributed by atoms with van der Waals surface area (Å²) >= 11 is 0. The maximum Gasteiger partial charge on any atom is 0.312 e. The molecule has 35 heavy (non-hydrogen) atoms. The molecule has 13 heteroatoms. The lowest BCUT2D eigenvalue weighted by atomic mass is 9.91. The molecule has 2 heterocycles. The van der Waals surface area contributed by atoms with Gasteiger partial charge in [0.1, 0.15) is 18.2 Å². The Morgan fingerprint density at radius 1 is 1.29 bits per heavy atom. The highest BCUT2D eigenvalue weighted by Gasteiger charge is 2.59. The Bertz CT molecular complexity index is 717. The quantitative estimate of drug-likeness (QED) is 0.153. The monoisotopic (exact) mass is 510 g/mol. The number of nitrogens with two attached hydrogens (primary N) is 1. The van der Waals surface area contributed by atoms with Crippen LogP contribution in [0.15, 0.2) is 0 Å². The second kappa shape index (κ2) is 12.7. The van der Waals surface area contributed by atoms with Crippen molar-refractivity contribution in [3.8, 4) is 0 Å². The number of hydrogen-bond acceptors (Lipinski definition) is 9. The summed E-state index contributed by atoms with van der Waals surface area (Å²) < 4.78 is 34.0. The standard InChI is InChI=1S/C22H40F2N4O7/c1-13(2)27-19(32)15-7-5-9-28(15)20(33)14(25)6-3-4-8-26-12-21(23,24)22(34)10-16(30)18(31)17(11-29)35-22/h13-18,26,29-31,34H,3-12,25H2,1-2H3,(H,27,32). The third-order valence-electron chi connectivity index (χ3n) is 6.41. The fraction of sp³-hybridized carbons (Fsp3) is 0.909. The molecule has 204 valence electrons. The van der Waals surface area contributed by atoms with Crippen molar-refractivity contribution in [1.82, 2.24) is 15.5 Å². The first-order valence-corrected chi connectivity index (χ1v) is 12.1. The molecule has 2 amide bonds. The van der Waals surface area contributed by atoms with Crippen LogP contribution >= 0.6 is 0 Å². The summed E-state index contributed by atoms with van der Waals surface area (Å²) in [7, 11) is 0. The lowest BCUT2D eigenvalue weighted by molar-refractivity contribution is -0.375. The molecule has 11 nitrogen and oxygen atoms in total. The molecule has 8 N–H and O–H groups in total. The van der Waals surface area contributed by atoms with Gasteiger partial charge in [0.2, 0.25) is 17.6 Å². The third kappa shape index (κ3) is 7.51. The summed E-state index contributed by atoms with van der Waals surface area (Å²) in [6.07, 6.45) is -3.20. The molecular weight excluding hydrogens is 470 g/mol. The van der Waals surface area contributed by atoms with Crippen molar-refractivity contribution in [3.05, 3.63) is 0 Å².